The molecule has 0 saturated carbocycles. The van der Waals surface area contributed by atoms with E-state index in [1.807, 2.05) is 36.4 Å². The fourth-order valence-electron chi connectivity index (χ4n) is 2.91. The van der Waals surface area contributed by atoms with Crippen LogP contribution < -0.4 is 15.4 Å². The van der Waals surface area contributed by atoms with Crippen LogP contribution >= 0.6 is 0 Å². The minimum atomic E-state index is -0.599. The van der Waals surface area contributed by atoms with Gasteiger partial charge in [-0.1, -0.05) is 42.5 Å². The quantitative estimate of drug-likeness (QED) is 0.508. The SMILES string of the molecule is O=C(NC(=O)c1ccccc1)Nc1ccc(OCc2ccc3ccccc3n2)cc1. The Kier molecular flexibility index (Phi) is 5.66. The van der Waals surface area contributed by atoms with E-state index in [0.29, 0.717) is 23.6 Å². The molecule has 0 radical (unpaired) electrons. The maximum absolute atomic E-state index is 12.0. The molecule has 0 aliphatic carbocycles. The van der Waals surface area contributed by atoms with E-state index in [0.717, 1.165) is 16.6 Å². The first-order valence-corrected chi connectivity index (χ1v) is 9.42. The van der Waals surface area contributed by atoms with Crippen LogP contribution in [0.3, 0.4) is 0 Å². The number of nitrogens with one attached hydrogen (secondary N) is 2. The number of urea groups is 1. The highest BCUT2D eigenvalue weighted by molar-refractivity contribution is 6.07. The molecule has 0 bridgehead atoms. The summed E-state index contributed by atoms with van der Waals surface area (Å²) in [5.74, 6) is 0.187. The third kappa shape index (κ3) is 4.80. The fourth-order valence-corrected chi connectivity index (χ4v) is 2.91. The smallest absolute Gasteiger partial charge is 0.326 e. The van der Waals surface area contributed by atoms with Gasteiger partial charge in [0.2, 0.25) is 0 Å². The molecule has 0 unspecified atom stereocenters. The fraction of sp³-hybridized carbons (Fsp3) is 0.0417. The number of para-hydroxylation sites is 1. The zero-order valence-electron chi connectivity index (χ0n) is 16.0. The van der Waals surface area contributed by atoms with E-state index in [1.54, 1.807) is 54.6 Å². The van der Waals surface area contributed by atoms with Gasteiger partial charge in [0.25, 0.3) is 5.91 Å². The predicted octanol–water partition coefficient (Wildman–Crippen LogP) is 4.78. The molecule has 0 aliphatic heterocycles. The number of imide groups is 1. The van der Waals surface area contributed by atoms with Crippen molar-refractivity contribution in [2.24, 2.45) is 0 Å². The molecule has 0 spiro atoms. The Morgan fingerprint density at radius 2 is 1.53 bits per heavy atom. The van der Waals surface area contributed by atoms with Crippen molar-refractivity contribution in [1.29, 1.82) is 0 Å². The van der Waals surface area contributed by atoms with Gasteiger partial charge in [0, 0.05) is 16.6 Å². The third-order valence-electron chi connectivity index (χ3n) is 4.42. The second-order valence-corrected chi connectivity index (χ2v) is 6.58. The van der Waals surface area contributed by atoms with Gasteiger partial charge in [0.1, 0.15) is 12.4 Å². The van der Waals surface area contributed by atoms with Crippen LogP contribution in [0.15, 0.2) is 91.0 Å². The van der Waals surface area contributed by atoms with Crippen molar-refractivity contribution in [2.75, 3.05) is 5.32 Å². The minimum absolute atomic E-state index is 0.337. The molecule has 1 aromatic heterocycles. The van der Waals surface area contributed by atoms with E-state index in [4.69, 9.17) is 4.74 Å². The van der Waals surface area contributed by atoms with Crippen LogP contribution in [0.2, 0.25) is 0 Å². The molecule has 3 aromatic carbocycles. The number of carbonyl (C=O) groups is 2. The molecule has 0 atom stereocenters. The molecule has 4 aromatic rings. The third-order valence-corrected chi connectivity index (χ3v) is 4.42. The summed E-state index contributed by atoms with van der Waals surface area (Å²) in [5.41, 5.74) is 2.71. The van der Waals surface area contributed by atoms with E-state index in [1.165, 1.54) is 0 Å². The molecule has 6 heteroatoms. The first kappa shape index (κ1) is 19.1. The van der Waals surface area contributed by atoms with Crippen molar-refractivity contribution in [1.82, 2.24) is 10.3 Å². The van der Waals surface area contributed by atoms with Gasteiger partial charge >= 0.3 is 6.03 Å². The van der Waals surface area contributed by atoms with Gasteiger partial charge in [-0.15, -0.1) is 0 Å². The Bertz CT molecular complexity index is 1180. The summed E-state index contributed by atoms with van der Waals surface area (Å²) < 4.78 is 5.78. The number of aromatic nitrogens is 1. The normalized spacial score (nSPS) is 10.4. The number of anilines is 1. The number of ether oxygens (including phenoxy) is 1. The molecule has 0 aliphatic rings. The van der Waals surface area contributed by atoms with Crippen LogP contribution in [0, 0.1) is 0 Å². The van der Waals surface area contributed by atoms with Crippen molar-refractivity contribution in [3.63, 3.8) is 0 Å². The number of hydrogen-bond donors (Lipinski definition) is 2. The van der Waals surface area contributed by atoms with Crippen LogP contribution in [0.1, 0.15) is 16.1 Å². The van der Waals surface area contributed by atoms with E-state index < -0.39 is 11.9 Å². The first-order valence-electron chi connectivity index (χ1n) is 9.42. The maximum atomic E-state index is 12.0. The zero-order valence-corrected chi connectivity index (χ0v) is 16.0. The summed E-state index contributed by atoms with van der Waals surface area (Å²) in [5, 5.41) is 6.00. The summed E-state index contributed by atoms with van der Waals surface area (Å²) >= 11 is 0. The van der Waals surface area contributed by atoms with Crippen molar-refractivity contribution in [3.8, 4) is 5.75 Å². The lowest BCUT2D eigenvalue weighted by molar-refractivity contribution is 0.0967. The topological polar surface area (TPSA) is 80.3 Å². The Hall–Kier alpha value is -4.19. The van der Waals surface area contributed by atoms with Gasteiger partial charge in [-0.05, 0) is 48.5 Å². The Labute approximate surface area is 173 Å². The second kappa shape index (κ2) is 8.87. The zero-order chi connectivity index (χ0) is 20.8. The number of nitrogens with zero attached hydrogens (tertiary/aromatic N) is 1. The molecule has 3 amide bonds. The van der Waals surface area contributed by atoms with E-state index in [-0.39, 0.29) is 0 Å². The Morgan fingerprint density at radius 3 is 2.33 bits per heavy atom. The largest absolute Gasteiger partial charge is 0.487 e. The lowest BCUT2D eigenvalue weighted by atomic mass is 10.2. The van der Waals surface area contributed by atoms with Crippen molar-refractivity contribution < 1.29 is 14.3 Å². The molecule has 2 N–H and O–H groups in total. The van der Waals surface area contributed by atoms with Gasteiger partial charge in [-0.25, -0.2) is 9.78 Å². The number of carbonyl (C=O) groups excluding carboxylic acids is 2. The highest BCUT2D eigenvalue weighted by Gasteiger charge is 2.10. The van der Waals surface area contributed by atoms with Crippen molar-refractivity contribution in [3.05, 3.63) is 102 Å². The molecule has 148 valence electrons. The first-order chi connectivity index (χ1) is 14.7. The van der Waals surface area contributed by atoms with E-state index in [9.17, 15) is 9.59 Å². The Morgan fingerprint density at radius 1 is 0.800 bits per heavy atom. The second-order valence-electron chi connectivity index (χ2n) is 6.58. The summed E-state index contributed by atoms with van der Waals surface area (Å²) in [6.07, 6.45) is 0. The maximum Gasteiger partial charge on any atom is 0.326 e. The van der Waals surface area contributed by atoms with Gasteiger partial charge < -0.3 is 10.1 Å². The van der Waals surface area contributed by atoms with E-state index >= 15 is 0 Å². The number of fused-ring (bicyclic) bond motifs is 1. The molecule has 4 rings (SSSR count). The highest BCUT2D eigenvalue weighted by atomic mass is 16.5. The predicted molar refractivity (Wildman–Crippen MR) is 115 cm³/mol. The van der Waals surface area contributed by atoms with Crippen LogP contribution in [0.25, 0.3) is 10.9 Å². The molecule has 0 fully saturated rings. The van der Waals surface area contributed by atoms with Crippen LogP contribution in [-0.4, -0.2) is 16.9 Å². The van der Waals surface area contributed by atoms with Crippen LogP contribution in [0.4, 0.5) is 10.5 Å². The highest BCUT2D eigenvalue weighted by Crippen LogP contribution is 2.18. The summed E-state index contributed by atoms with van der Waals surface area (Å²) in [7, 11) is 0. The number of amides is 3. The van der Waals surface area contributed by atoms with Gasteiger partial charge in [0.05, 0.1) is 11.2 Å². The summed E-state index contributed by atoms with van der Waals surface area (Å²) in [6.45, 7) is 0.337. The average molecular weight is 397 g/mol. The summed E-state index contributed by atoms with van der Waals surface area (Å²) in [6, 6.07) is 26.7. The molecular formula is C24H19N3O3. The molecular weight excluding hydrogens is 378 g/mol. The summed E-state index contributed by atoms with van der Waals surface area (Å²) in [4.78, 5) is 28.6. The molecule has 6 nitrogen and oxygen atoms in total. The van der Waals surface area contributed by atoms with Gasteiger partial charge in [-0.3, -0.25) is 10.1 Å². The van der Waals surface area contributed by atoms with Crippen molar-refractivity contribution >= 4 is 28.5 Å². The van der Waals surface area contributed by atoms with Gasteiger partial charge in [-0.2, -0.15) is 0 Å². The van der Waals surface area contributed by atoms with Crippen LogP contribution in [0.5, 0.6) is 5.75 Å². The standard InChI is InChI=1S/C24H19N3O3/c28-23(18-7-2-1-3-8-18)27-24(29)26-19-12-14-21(15-13-19)30-16-20-11-10-17-6-4-5-9-22(17)25-20/h1-15H,16H2,(H2,26,27,28,29). The molecule has 30 heavy (non-hydrogen) atoms. The van der Waals surface area contributed by atoms with Crippen LogP contribution in [-0.2, 0) is 6.61 Å². The average Bonchev–Trinajstić information content (AvgIpc) is 2.79. The lowest BCUT2D eigenvalue weighted by Crippen LogP contribution is -2.34. The van der Waals surface area contributed by atoms with Gasteiger partial charge in [0.15, 0.2) is 0 Å². The number of hydrogen-bond acceptors (Lipinski definition) is 4. The number of pyridine rings is 1. The number of rotatable bonds is 5. The lowest BCUT2D eigenvalue weighted by Gasteiger charge is -2.09. The molecule has 0 saturated heterocycles. The monoisotopic (exact) mass is 397 g/mol. The van der Waals surface area contributed by atoms with Crippen molar-refractivity contribution in [2.45, 2.75) is 6.61 Å². The Balaban J connectivity index is 1.31. The number of benzene rings is 3. The minimum Gasteiger partial charge on any atom is -0.487 e. The molecule has 1 heterocycles. The van der Waals surface area contributed by atoms with E-state index in [2.05, 4.69) is 15.6 Å².